The van der Waals surface area contributed by atoms with Gasteiger partial charge in [0.1, 0.15) is 11.9 Å². The van der Waals surface area contributed by atoms with E-state index < -0.39 is 30.6 Å². The molecule has 2 aliphatic heterocycles. The molecular weight excluding hydrogens is 355 g/mol. The minimum atomic E-state index is -2.98. The molecule has 0 aromatic heterocycles. The van der Waals surface area contributed by atoms with Gasteiger partial charge in [-0.25, -0.2) is 18.0 Å². The molecule has 2 heterocycles. The van der Waals surface area contributed by atoms with Gasteiger partial charge < -0.3 is 15.5 Å². The Morgan fingerprint density at radius 2 is 1.89 bits per heavy atom. The Morgan fingerprint density at radius 3 is 2.59 bits per heavy atom. The Bertz CT molecular complexity index is 841. The highest BCUT2D eigenvalue weighted by Crippen LogP contribution is 2.35. The van der Waals surface area contributed by atoms with E-state index in [4.69, 9.17) is 0 Å². The summed E-state index contributed by atoms with van der Waals surface area (Å²) in [7, 11) is 0. The van der Waals surface area contributed by atoms with Crippen LogP contribution in [0.3, 0.4) is 0 Å². The van der Waals surface area contributed by atoms with Crippen molar-refractivity contribution in [2.45, 2.75) is 24.4 Å². The van der Waals surface area contributed by atoms with Crippen LogP contribution in [-0.4, -0.2) is 42.5 Å². The molecule has 2 N–H and O–H groups in total. The lowest BCUT2D eigenvalue weighted by molar-refractivity contribution is -0.00179. The Hall–Kier alpha value is -2.54. The van der Waals surface area contributed by atoms with Gasteiger partial charge in [-0.15, -0.1) is 0 Å². The predicted molar refractivity (Wildman–Crippen MR) is 95.2 cm³/mol. The van der Waals surface area contributed by atoms with Crippen LogP contribution in [0.2, 0.25) is 0 Å². The SMILES string of the molecule is O=C(NC1CNCC1(F)F)N1CCc2ccccc2[C@@H]1c1ccc(F)cc1. The van der Waals surface area contributed by atoms with Crippen molar-refractivity contribution in [2.24, 2.45) is 0 Å². The van der Waals surface area contributed by atoms with Crippen LogP contribution < -0.4 is 10.6 Å². The third-order valence-corrected chi connectivity index (χ3v) is 5.25. The van der Waals surface area contributed by atoms with Gasteiger partial charge in [-0.2, -0.15) is 0 Å². The minimum Gasteiger partial charge on any atom is -0.328 e. The monoisotopic (exact) mass is 375 g/mol. The quantitative estimate of drug-likeness (QED) is 0.847. The van der Waals surface area contributed by atoms with Crippen LogP contribution in [0.1, 0.15) is 22.7 Å². The second-order valence-electron chi connectivity index (χ2n) is 6.99. The summed E-state index contributed by atoms with van der Waals surface area (Å²) < 4.78 is 41.2. The van der Waals surface area contributed by atoms with Gasteiger partial charge in [0.2, 0.25) is 0 Å². The second kappa shape index (κ2) is 6.88. The van der Waals surface area contributed by atoms with Crippen LogP contribution in [0.5, 0.6) is 0 Å². The van der Waals surface area contributed by atoms with Gasteiger partial charge in [-0.3, -0.25) is 0 Å². The summed E-state index contributed by atoms with van der Waals surface area (Å²) in [6.07, 6.45) is 0.639. The smallest absolute Gasteiger partial charge is 0.318 e. The average Bonchev–Trinajstić information content (AvgIpc) is 2.99. The molecule has 27 heavy (non-hydrogen) atoms. The second-order valence-corrected chi connectivity index (χ2v) is 6.99. The Labute approximate surface area is 155 Å². The molecule has 4 rings (SSSR count). The van der Waals surface area contributed by atoms with Crippen molar-refractivity contribution in [3.05, 3.63) is 71.0 Å². The zero-order valence-electron chi connectivity index (χ0n) is 14.6. The van der Waals surface area contributed by atoms with E-state index in [0.717, 1.165) is 16.7 Å². The normalized spacial score (nSPS) is 23.7. The molecule has 4 nitrogen and oxygen atoms in total. The van der Waals surface area contributed by atoms with Crippen molar-refractivity contribution < 1.29 is 18.0 Å². The third kappa shape index (κ3) is 3.39. The van der Waals surface area contributed by atoms with E-state index in [1.54, 1.807) is 17.0 Å². The molecule has 0 bridgehead atoms. The fourth-order valence-corrected chi connectivity index (χ4v) is 3.83. The Morgan fingerprint density at radius 1 is 1.15 bits per heavy atom. The van der Waals surface area contributed by atoms with E-state index in [0.29, 0.717) is 13.0 Å². The maximum Gasteiger partial charge on any atom is 0.318 e. The lowest BCUT2D eigenvalue weighted by atomic mass is 9.88. The molecular formula is C20H20F3N3O. The number of urea groups is 1. The Balaban J connectivity index is 1.66. The van der Waals surface area contributed by atoms with Crippen LogP contribution in [0.4, 0.5) is 18.0 Å². The highest BCUT2D eigenvalue weighted by molar-refractivity contribution is 5.76. The molecule has 2 aromatic carbocycles. The number of nitrogens with one attached hydrogen (secondary N) is 2. The van der Waals surface area contributed by atoms with Crippen molar-refractivity contribution in [1.82, 2.24) is 15.5 Å². The number of nitrogens with zero attached hydrogens (tertiary/aromatic N) is 1. The van der Waals surface area contributed by atoms with Gasteiger partial charge in [-0.1, -0.05) is 36.4 Å². The summed E-state index contributed by atoms with van der Waals surface area (Å²) in [6.45, 7) is -0.0108. The zero-order valence-corrected chi connectivity index (χ0v) is 14.6. The van der Waals surface area contributed by atoms with Crippen LogP contribution in [0.25, 0.3) is 0 Å². The van der Waals surface area contributed by atoms with E-state index in [1.807, 2.05) is 24.3 Å². The highest BCUT2D eigenvalue weighted by Gasteiger charge is 2.46. The summed E-state index contributed by atoms with van der Waals surface area (Å²) >= 11 is 0. The van der Waals surface area contributed by atoms with Crippen LogP contribution in [0, 0.1) is 5.82 Å². The van der Waals surface area contributed by atoms with Crippen molar-refractivity contribution in [3.8, 4) is 0 Å². The Kier molecular flexibility index (Phi) is 4.55. The van der Waals surface area contributed by atoms with Crippen LogP contribution >= 0.6 is 0 Å². The molecule has 0 spiro atoms. The first-order valence-electron chi connectivity index (χ1n) is 8.94. The van der Waals surface area contributed by atoms with Gasteiger partial charge in [-0.05, 0) is 35.2 Å². The summed E-state index contributed by atoms with van der Waals surface area (Å²) in [5, 5.41) is 5.09. The molecule has 142 valence electrons. The molecule has 0 aliphatic carbocycles. The van der Waals surface area contributed by atoms with Crippen molar-refractivity contribution in [1.29, 1.82) is 0 Å². The highest BCUT2D eigenvalue weighted by atomic mass is 19.3. The molecule has 2 amide bonds. The summed E-state index contributed by atoms with van der Waals surface area (Å²) in [6, 6.07) is 11.5. The van der Waals surface area contributed by atoms with Crippen molar-refractivity contribution in [3.63, 3.8) is 0 Å². The molecule has 2 atom stereocenters. The number of carbonyl (C=O) groups is 1. The number of benzene rings is 2. The number of carbonyl (C=O) groups excluding carboxylic acids is 1. The van der Waals surface area contributed by atoms with Gasteiger partial charge in [0.05, 0.1) is 12.6 Å². The average molecular weight is 375 g/mol. The van der Waals surface area contributed by atoms with Crippen molar-refractivity contribution in [2.75, 3.05) is 19.6 Å². The lowest BCUT2D eigenvalue weighted by Gasteiger charge is -2.38. The van der Waals surface area contributed by atoms with Gasteiger partial charge in [0.15, 0.2) is 0 Å². The molecule has 0 saturated carbocycles. The first-order chi connectivity index (χ1) is 13.0. The van der Waals surface area contributed by atoms with Gasteiger partial charge in [0.25, 0.3) is 5.92 Å². The summed E-state index contributed by atoms with van der Waals surface area (Å²) in [5.41, 5.74) is 2.78. The minimum absolute atomic E-state index is 0.0321. The van der Waals surface area contributed by atoms with Crippen molar-refractivity contribution >= 4 is 6.03 Å². The summed E-state index contributed by atoms with van der Waals surface area (Å²) in [4.78, 5) is 14.4. The number of halogens is 3. The van der Waals surface area contributed by atoms with E-state index in [1.165, 1.54) is 12.1 Å². The number of rotatable bonds is 2. The molecule has 1 unspecified atom stereocenters. The number of alkyl halides is 2. The number of amides is 2. The first-order valence-corrected chi connectivity index (χ1v) is 8.94. The first kappa shape index (κ1) is 17.9. The standard InChI is InChI=1S/C20H20F3N3O/c21-15-7-5-14(6-8-15)18-16-4-2-1-3-13(16)9-10-26(18)19(27)25-17-11-24-12-20(17,22)23/h1-8,17-18,24H,9-12H2,(H,25,27)/t17?,18-/m0/s1. The number of hydrogen-bond donors (Lipinski definition) is 2. The largest absolute Gasteiger partial charge is 0.328 e. The molecule has 1 saturated heterocycles. The van der Waals surface area contributed by atoms with E-state index in [2.05, 4.69) is 10.6 Å². The maximum absolute atomic E-state index is 13.9. The molecule has 0 radical (unpaired) electrons. The number of hydrogen-bond acceptors (Lipinski definition) is 2. The van der Waals surface area contributed by atoms with E-state index in [-0.39, 0.29) is 12.4 Å². The van der Waals surface area contributed by atoms with Crippen LogP contribution in [-0.2, 0) is 6.42 Å². The van der Waals surface area contributed by atoms with Gasteiger partial charge in [0, 0.05) is 13.1 Å². The molecule has 2 aliphatic rings. The molecule has 1 fully saturated rings. The fraction of sp³-hybridized carbons (Fsp3) is 0.350. The van der Waals surface area contributed by atoms with Gasteiger partial charge >= 0.3 is 6.03 Å². The maximum atomic E-state index is 13.9. The lowest BCUT2D eigenvalue weighted by Crippen LogP contribution is -2.53. The molecule has 7 heteroatoms. The zero-order chi connectivity index (χ0) is 19.0. The number of fused-ring (bicyclic) bond motifs is 1. The van der Waals surface area contributed by atoms with E-state index in [9.17, 15) is 18.0 Å². The molecule has 2 aromatic rings. The topological polar surface area (TPSA) is 44.4 Å². The summed E-state index contributed by atoms with van der Waals surface area (Å²) in [5.74, 6) is -3.34. The van der Waals surface area contributed by atoms with Crippen LogP contribution in [0.15, 0.2) is 48.5 Å². The predicted octanol–water partition coefficient (Wildman–Crippen LogP) is 3.09. The third-order valence-electron chi connectivity index (χ3n) is 5.25. The fourth-order valence-electron chi connectivity index (χ4n) is 3.83. The van der Waals surface area contributed by atoms with E-state index >= 15 is 0 Å².